The van der Waals surface area contributed by atoms with Crippen LogP contribution >= 0.6 is 34.9 Å². The van der Waals surface area contributed by atoms with Crippen molar-refractivity contribution in [2.24, 2.45) is 5.16 Å². The van der Waals surface area contributed by atoms with Gasteiger partial charge in [-0.1, -0.05) is 108 Å². The second kappa shape index (κ2) is 14.4. The number of carboxylic acids is 1. The topological polar surface area (TPSA) is 146 Å². The molecule has 2 atom stereocenters. The summed E-state index contributed by atoms with van der Waals surface area (Å²) in [5.41, 5.74) is 2.09. The number of amides is 2. The molecular weight excluding hydrogens is 672 g/mol. The van der Waals surface area contributed by atoms with Gasteiger partial charge in [0.05, 0.1) is 0 Å². The van der Waals surface area contributed by atoms with E-state index in [1.54, 1.807) is 12.2 Å². The average molecular weight is 701 g/mol. The molecule has 3 aromatic carbocycles. The lowest BCUT2D eigenvalue weighted by atomic mass is 9.77. The van der Waals surface area contributed by atoms with Gasteiger partial charge in [0.1, 0.15) is 29.8 Å². The zero-order chi connectivity index (χ0) is 33.7. The number of carboxylic acid groups (broad SMARTS) is 1. The van der Waals surface area contributed by atoms with Gasteiger partial charge in [-0.15, -0.1) is 23.4 Å². The Balaban J connectivity index is 1.29. The molecule has 3 N–H and O–H groups in total. The van der Waals surface area contributed by atoms with Crippen LogP contribution in [0.1, 0.15) is 22.5 Å². The average Bonchev–Trinajstić information content (AvgIpc) is 3.59. The molecule has 0 spiro atoms. The highest BCUT2D eigenvalue weighted by molar-refractivity contribution is 8.00. The quantitative estimate of drug-likeness (QED) is 0.0622. The number of rotatable bonds is 12. The summed E-state index contributed by atoms with van der Waals surface area (Å²) >= 11 is 8.11. The van der Waals surface area contributed by atoms with Crippen LogP contribution in [0.2, 0.25) is 0 Å². The predicted molar refractivity (Wildman–Crippen MR) is 186 cm³/mol. The maximum atomic E-state index is 13.6. The van der Waals surface area contributed by atoms with E-state index in [4.69, 9.17) is 16.4 Å². The van der Waals surface area contributed by atoms with Crippen molar-refractivity contribution in [3.05, 3.63) is 137 Å². The van der Waals surface area contributed by atoms with Gasteiger partial charge in [-0.25, -0.2) is 4.79 Å². The highest BCUT2D eigenvalue weighted by Crippen LogP contribution is 2.42. The van der Waals surface area contributed by atoms with Crippen LogP contribution in [0, 0.1) is 0 Å². The first-order valence-electron chi connectivity index (χ1n) is 14.7. The molecule has 2 aliphatic rings. The number of carbonyl (C=O) groups is 3. The number of alkyl halides is 1. The minimum atomic E-state index is -1.24. The van der Waals surface area contributed by atoms with Crippen LogP contribution in [-0.2, 0) is 24.8 Å². The standard InChI is InChI=1S/C34H29ClN6O5S2/c1-46-39-25(29(42)36-26-30(43)41-27(32(44)45)21(12-11-19-35)20-47-31(26)41)28-37-33(48-40-28)38-34(22-13-5-2-6-14-22,23-15-7-3-8-16-23)24-17-9-4-10-18-24/h2-18,26,31H,19-20H2,1H3,(H,36,42)(H,44,45)(H,37,38,40)/t26-,31+/m1/s1. The molecule has 1 saturated heterocycles. The van der Waals surface area contributed by atoms with Gasteiger partial charge >= 0.3 is 5.97 Å². The van der Waals surface area contributed by atoms with Gasteiger partial charge in [0.25, 0.3) is 11.8 Å². The Morgan fingerprint density at radius 1 is 1.04 bits per heavy atom. The van der Waals surface area contributed by atoms with Crippen molar-refractivity contribution in [2.45, 2.75) is 17.0 Å². The number of aromatic nitrogens is 2. The van der Waals surface area contributed by atoms with E-state index >= 15 is 0 Å². The molecule has 48 heavy (non-hydrogen) atoms. The first kappa shape index (κ1) is 32.9. The SMILES string of the molecule is CON=C(C(=O)N[C@@H]1C(=O)N2C(C(=O)O)=C(C=CCCl)CS[C@@H]12)c1nsc(NC(c2ccccc2)(c2ccccc2)c2ccccc2)n1. The zero-order valence-corrected chi connectivity index (χ0v) is 27.8. The van der Waals surface area contributed by atoms with Crippen molar-refractivity contribution >= 4 is 63.5 Å². The summed E-state index contributed by atoms with van der Waals surface area (Å²) in [7, 11) is 1.29. The molecule has 0 bridgehead atoms. The van der Waals surface area contributed by atoms with Crippen LogP contribution in [0.25, 0.3) is 0 Å². The number of β-lactam (4-membered cyclic amide) rings is 1. The molecule has 11 nitrogen and oxygen atoms in total. The fourth-order valence-electron chi connectivity index (χ4n) is 5.75. The lowest BCUT2D eigenvalue weighted by Crippen LogP contribution is -2.71. The number of allylic oxidation sites excluding steroid dienone is 2. The van der Waals surface area contributed by atoms with Gasteiger partial charge in [-0.3, -0.25) is 14.5 Å². The summed E-state index contributed by atoms with van der Waals surface area (Å²) < 4.78 is 4.44. The molecular formula is C34H29ClN6O5S2. The number of carbonyl (C=O) groups excluding carboxylic acids is 2. The number of benzene rings is 3. The van der Waals surface area contributed by atoms with E-state index < -0.39 is 34.7 Å². The molecule has 0 aliphatic carbocycles. The maximum Gasteiger partial charge on any atom is 0.352 e. The number of oxime groups is 1. The minimum Gasteiger partial charge on any atom is -0.477 e. The van der Waals surface area contributed by atoms with E-state index in [0.29, 0.717) is 16.5 Å². The second-order valence-corrected chi connectivity index (χ2v) is 12.8. The zero-order valence-electron chi connectivity index (χ0n) is 25.4. The third-order valence-electron chi connectivity index (χ3n) is 7.85. The van der Waals surface area contributed by atoms with Crippen molar-refractivity contribution < 1.29 is 24.3 Å². The Kier molecular flexibility index (Phi) is 9.90. The Bertz CT molecular complexity index is 1810. The summed E-state index contributed by atoms with van der Waals surface area (Å²) in [5.74, 6) is -2.02. The molecule has 1 aromatic heterocycles. The molecule has 1 fully saturated rings. The summed E-state index contributed by atoms with van der Waals surface area (Å²) in [4.78, 5) is 49.7. The third-order valence-corrected chi connectivity index (χ3v) is 9.96. The largest absolute Gasteiger partial charge is 0.477 e. The second-order valence-electron chi connectivity index (χ2n) is 10.6. The predicted octanol–water partition coefficient (Wildman–Crippen LogP) is 4.83. The fourth-order valence-corrected chi connectivity index (χ4v) is 7.79. The minimum absolute atomic E-state index is 0.00974. The van der Waals surface area contributed by atoms with Crippen molar-refractivity contribution in [3.63, 3.8) is 0 Å². The molecule has 4 aromatic rings. The van der Waals surface area contributed by atoms with Crippen LogP contribution in [0.4, 0.5) is 5.13 Å². The lowest BCUT2D eigenvalue weighted by Gasteiger charge is -2.49. The highest BCUT2D eigenvalue weighted by atomic mass is 35.5. The molecule has 0 saturated carbocycles. The summed E-state index contributed by atoms with van der Waals surface area (Å²) in [6, 6.07) is 28.9. The molecule has 0 radical (unpaired) electrons. The summed E-state index contributed by atoms with van der Waals surface area (Å²) in [6.45, 7) is 0. The van der Waals surface area contributed by atoms with Crippen molar-refractivity contribution in [3.8, 4) is 0 Å². The lowest BCUT2D eigenvalue weighted by molar-refractivity contribution is -0.150. The number of anilines is 1. The summed E-state index contributed by atoms with van der Waals surface area (Å²) in [6.07, 6.45) is 3.22. The highest BCUT2D eigenvalue weighted by Gasteiger charge is 2.54. The van der Waals surface area contributed by atoms with Crippen LogP contribution in [0.5, 0.6) is 0 Å². The van der Waals surface area contributed by atoms with E-state index in [1.165, 1.54) is 23.8 Å². The normalized spacial score (nSPS) is 17.9. The first-order valence-corrected chi connectivity index (χ1v) is 17.1. The Morgan fingerprint density at radius 3 is 2.15 bits per heavy atom. The first-order chi connectivity index (χ1) is 23.4. The van der Waals surface area contributed by atoms with E-state index in [-0.39, 0.29) is 23.1 Å². The van der Waals surface area contributed by atoms with Crippen molar-refractivity contribution in [1.29, 1.82) is 0 Å². The van der Waals surface area contributed by atoms with Crippen molar-refractivity contribution in [2.75, 3.05) is 24.1 Å². The number of nitrogens with zero attached hydrogens (tertiary/aromatic N) is 4. The molecule has 2 amide bonds. The molecule has 3 heterocycles. The Morgan fingerprint density at radius 2 is 1.62 bits per heavy atom. The number of thioether (sulfide) groups is 1. The van der Waals surface area contributed by atoms with E-state index in [1.807, 2.05) is 91.0 Å². The number of aliphatic carboxylic acids is 1. The van der Waals surface area contributed by atoms with Gasteiger partial charge in [0, 0.05) is 23.2 Å². The summed E-state index contributed by atoms with van der Waals surface area (Å²) in [5, 5.41) is 19.9. The van der Waals surface area contributed by atoms with Gasteiger partial charge in [0.2, 0.25) is 16.7 Å². The Hall–Kier alpha value is -4.98. The molecule has 0 unspecified atom stereocenters. The molecule has 14 heteroatoms. The number of hydrogen-bond acceptors (Lipinski definition) is 10. The smallest absolute Gasteiger partial charge is 0.352 e. The van der Waals surface area contributed by atoms with Gasteiger partial charge in [0.15, 0.2) is 0 Å². The van der Waals surface area contributed by atoms with Gasteiger partial charge in [-0.2, -0.15) is 9.36 Å². The van der Waals surface area contributed by atoms with Crippen molar-refractivity contribution in [1.82, 2.24) is 19.6 Å². The van der Waals surface area contributed by atoms with Gasteiger partial charge in [-0.05, 0) is 22.3 Å². The van der Waals surface area contributed by atoms with E-state index in [2.05, 4.69) is 25.1 Å². The number of hydrogen-bond donors (Lipinski definition) is 3. The van der Waals surface area contributed by atoms with Crippen LogP contribution < -0.4 is 10.6 Å². The monoisotopic (exact) mass is 700 g/mol. The number of fused-ring (bicyclic) bond motifs is 1. The Labute approximate surface area is 289 Å². The molecule has 6 rings (SSSR count). The molecule has 244 valence electrons. The fraction of sp³-hybridized carbons (Fsp3) is 0.176. The molecule has 2 aliphatic heterocycles. The third kappa shape index (κ3) is 6.19. The van der Waals surface area contributed by atoms with Crippen LogP contribution in [0.3, 0.4) is 0 Å². The maximum absolute atomic E-state index is 13.6. The van der Waals surface area contributed by atoms with E-state index in [0.717, 1.165) is 28.2 Å². The number of nitrogens with one attached hydrogen (secondary N) is 2. The van der Waals surface area contributed by atoms with Crippen LogP contribution in [-0.4, -0.2) is 73.0 Å². The number of halogens is 1. The van der Waals surface area contributed by atoms with E-state index in [9.17, 15) is 19.5 Å². The van der Waals surface area contributed by atoms with Crippen LogP contribution in [0.15, 0.2) is 120 Å². The van der Waals surface area contributed by atoms with Gasteiger partial charge < -0.3 is 20.6 Å².